The van der Waals surface area contributed by atoms with Gasteiger partial charge in [-0.05, 0) is 43.2 Å². The van der Waals surface area contributed by atoms with Gasteiger partial charge in [0.15, 0.2) is 5.78 Å². The van der Waals surface area contributed by atoms with Crippen molar-refractivity contribution < 1.29 is 24.2 Å². The second kappa shape index (κ2) is 7.55. The standard InChI is InChI=1S/C19H18O5/c1-12(20)3-4-13-5-10-16(17(11-13)24-2)18(21)14-6-8-15(9-7-14)19(22)23/h5-11H,3-4H2,1-2H3,(H,22,23). The van der Waals surface area contributed by atoms with Crippen LogP contribution in [0.3, 0.4) is 0 Å². The highest BCUT2D eigenvalue weighted by atomic mass is 16.5. The Bertz CT molecular complexity index is 775. The van der Waals surface area contributed by atoms with Crippen molar-refractivity contribution in [3.63, 3.8) is 0 Å². The summed E-state index contributed by atoms with van der Waals surface area (Å²) in [4.78, 5) is 34.6. The molecule has 0 fully saturated rings. The largest absolute Gasteiger partial charge is 0.496 e. The van der Waals surface area contributed by atoms with E-state index in [9.17, 15) is 14.4 Å². The molecule has 0 unspecified atom stereocenters. The number of aromatic carboxylic acids is 1. The van der Waals surface area contributed by atoms with Crippen LogP contribution in [0.25, 0.3) is 0 Å². The van der Waals surface area contributed by atoms with Crippen LogP contribution in [0.15, 0.2) is 42.5 Å². The molecule has 0 aliphatic carbocycles. The number of Topliss-reactive ketones (excluding diaryl/α,β-unsaturated/α-hetero) is 1. The predicted octanol–water partition coefficient (Wildman–Crippen LogP) is 3.15. The quantitative estimate of drug-likeness (QED) is 0.791. The molecule has 0 aliphatic heterocycles. The predicted molar refractivity (Wildman–Crippen MR) is 88.8 cm³/mol. The van der Waals surface area contributed by atoms with E-state index in [1.807, 2.05) is 0 Å². The first-order valence-electron chi connectivity index (χ1n) is 7.46. The van der Waals surface area contributed by atoms with Crippen LogP contribution >= 0.6 is 0 Å². The van der Waals surface area contributed by atoms with Crippen LogP contribution in [0, 0.1) is 0 Å². The first-order chi connectivity index (χ1) is 11.4. The molecular formula is C19H18O5. The van der Waals surface area contributed by atoms with E-state index in [0.29, 0.717) is 29.7 Å². The molecule has 0 saturated carbocycles. The van der Waals surface area contributed by atoms with Crippen LogP contribution < -0.4 is 4.74 Å². The average Bonchev–Trinajstić information content (AvgIpc) is 2.59. The number of rotatable bonds is 7. The third kappa shape index (κ3) is 4.07. The van der Waals surface area contributed by atoms with Gasteiger partial charge in [-0.15, -0.1) is 0 Å². The topological polar surface area (TPSA) is 80.7 Å². The highest BCUT2D eigenvalue weighted by molar-refractivity contribution is 6.11. The van der Waals surface area contributed by atoms with E-state index in [4.69, 9.17) is 9.84 Å². The van der Waals surface area contributed by atoms with Crippen LogP contribution in [-0.4, -0.2) is 29.8 Å². The molecule has 2 aromatic carbocycles. The SMILES string of the molecule is COc1cc(CCC(C)=O)ccc1C(=O)c1ccc(C(=O)O)cc1. The lowest BCUT2D eigenvalue weighted by Gasteiger charge is -2.10. The number of ether oxygens (including phenoxy) is 1. The van der Waals surface area contributed by atoms with E-state index in [0.717, 1.165) is 5.56 Å². The van der Waals surface area contributed by atoms with Gasteiger partial charge >= 0.3 is 5.97 Å². The zero-order valence-corrected chi connectivity index (χ0v) is 13.5. The number of hydrogen-bond acceptors (Lipinski definition) is 4. The molecule has 0 atom stereocenters. The number of carbonyl (C=O) groups is 3. The Morgan fingerprint density at radius 1 is 1.00 bits per heavy atom. The van der Waals surface area contributed by atoms with Gasteiger partial charge in [-0.1, -0.05) is 18.2 Å². The molecule has 2 aromatic rings. The molecule has 0 aromatic heterocycles. The molecule has 0 radical (unpaired) electrons. The molecule has 5 heteroatoms. The molecule has 24 heavy (non-hydrogen) atoms. The zero-order chi connectivity index (χ0) is 17.7. The van der Waals surface area contributed by atoms with Gasteiger partial charge < -0.3 is 14.6 Å². The van der Waals surface area contributed by atoms with Gasteiger partial charge in [-0.2, -0.15) is 0 Å². The Labute approximate surface area is 139 Å². The number of hydrogen-bond donors (Lipinski definition) is 1. The van der Waals surface area contributed by atoms with Gasteiger partial charge in [0.25, 0.3) is 0 Å². The molecule has 2 rings (SSSR count). The summed E-state index contributed by atoms with van der Waals surface area (Å²) in [6.07, 6.45) is 1.03. The van der Waals surface area contributed by atoms with E-state index in [2.05, 4.69) is 0 Å². The lowest BCUT2D eigenvalue weighted by Crippen LogP contribution is -2.06. The first kappa shape index (κ1) is 17.4. The number of carbonyl (C=O) groups excluding carboxylic acids is 2. The van der Waals surface area contributed by atoms with Crippen molar-refractivity contribution in [2.24, 2.45) is 0 Å². The minimum absolute atomic E-state index is 0.104. The van der Waals surface area contributed by atoms with Crippen molar-refractivity contribution in [3.05, 3.63) is 64.7 Å². The maximum atomic E-state index is 12.6. The summed E-state index contributed by atoms with van der Waals surface area (Å²) in [6.45, 7) is 1.54. The smallest absolute Gasteiger partial charge is 0.335 e. The molecule has 5 nitrogen and oxygen atoms in total. The Morgan fingerprint density at radius 3 is 2.17 bits per heavy atom. The van der Waals surface area contributed by atoms with Crippen molar-refractivity contribution in [2.75, 3.05) is 7.11 Å². The van der Waals surface area contributed by atoms with Crippen molar-refractivity contribution in [3.8, 4) is 5.75 Å². The molecule has 0 saturated heterocycles. The van der Waals surface area contributed by atoms with Gasteiger partial charge in [0.2, 0.25) is 0 Å². The Kier molecular flexibility index (Phi) is 5.47. The molecule has 1 N–H and O–H groups in total. The molecule has 0 bridgehead atoms. The summed E-state index contributed by atoms with van der Waals surface area (Å²) >= 11 is 0. The summed E-state index contributed by atoms with van der Waals surface area (Å²) in [5.41, 5.74) is 1.82. The van der Waals surface area contributed by atoms with Crippen molar-refractivity contribution in [1.29, 1.82) is 0 Å². The fourth-order valence-corrected chi connectivity index (χ4v) is 2.32. The summed E-state index contributed by atoms with van der Waals surface area (Å²) in [6, 6.07) is 11.0. The lowest BCUT2D eigenvalue weighted by molar-refractivity contribution is -0.116. The first-order valence-corrected chi connectivity index (χ1v) is 7.46. The molecule has 0 aliphatic rings. The minimum Gasteiger partial charge on any atom is -0.496 e. The summed E-state index contributed by atoms with van der Waals surface area (Å²) in [5, 5.41) is 8.90. The van der Waals surface area contributed by atoms with E-state index in [-0.39, 0.29) is 17.1 Å². The van der Waals surface area contributed by atoms with Crippen molar-refractivity contribution in [1.82, 2.24) is 0 Å². The summed E-state index contributed by atoms with van der Waals surface area (Å²) in [5.74, 6) is -0.751. The number of ketones is 2. The molecule has 0 amide bonds. The van der Waals surface area contributed by atoms with Crippen LogP contribution in [0.5, 0.6) is 5.75 Å². The monoisotopic (exact) mass is 326 g/mol. The van der Waals surface area contributed by atoms with Crippen LogP contribution in [0.1, 0.15) is 45.2 Å². The highest BCUT2D eigenvalue weighted by Gasteiger charge is 2.16. The summed E-state index contributed by atoms with van der Waals surface area (Å²) in [7, 11) is 1.48. The zero-order valence-electron chi connectivity index (χ0n) is 13.5. The minimum atomic E-state index is -1.04. The molecule has 0 spiro atoms. The van der Waals surface area contributed by atoms with E-state index >= 15 is 0 Å². The average molecular weight is 326 g/mol. The van der Waals surface area contributed by atoms with Crippen LogP contribution in [-0.2, 0) is 11.2 Å². The van der Waals surface area contributed by atoms with Gasteiger partial charge in [0.1, 0.15) is 11.5 Å². The Morgan fingerprint density at radius 2 is 1.62 bits per heavy atom. The number of aryl methyl sites for hydroxylation is 1. The van der Waals surface area contributed by atoms with E-state index in [1.54, 1.807) is 18.2 Å². The fourth-order valence-electron chi connectivity index (χ4n) is 2.32. The summed E-state index contributed by atoms with van der Waals surface area (Å²) < 4.78 is 5.30. The Hall–Kier alpha value is -2.95. The molecule has 0 heterocycles. The van der Waals surface area contributed by atoms with E-state index in [1.165, 1.54) is 38.3 Å². The fraction of sp³-hybridized carbons (Fsp3) is 0.211. The second-order valence-corrected chi connectivity index (χ2v) is 5.45. The van der Waals surface area contributed by atoms with Gasteiger partial charge in [-0.25, -0.2) is 4.79 Å². The van der Waals surface area contributed by atoms with Crippen LogP contribution in [0.4, 0.5) is 0 Å². The third-order valence-electron chi connectivity index (χ3n) is 3.67. The number of methoxy groups -OCH3 is 1. The molecular weight excluding hydrogens is 308 g/mol. The maximum Gasteiger partial charge on any atom is 0.335 e. The number of carboxylic acids is 1. The van der Waals surface area contributed by atoms with Gasteiger partial charge in [-0.3, -0.25) is 4.79 Å². The molecule has 124 valence electrons. The highest BCUT2D eigenvalue weighted by Crippen LogP contribution is 2.24. The maximum absolute atomic E-state index is 12.6. The normalized spacial score (nSPS) is 10.2. The number of benzene rings is 2. The van der Waals surface area contributed by atoms with Crippen molar-refractivity contribution in [2.45, 2.75) is 19.8 Å². The van der Waals surface area contributed by atoms with Crippen LogP contribution in [0.2, 0.25) is 0 Å². The van der Waals surface area contributed by atoms with Gasteiger partial charge in [0, 0.05) is 12.0 Å². The Balaban J connectivity index is 2.28. The van der Waals surface area contributed by atoms with E-state index < -0.39 is 5.97 Å². The number of carboxylic acid groups (broad SMARTS) is 1. The van der Waals surface area contributed by atoms with Gasteiger partial charge in [0.05, 0.1) is 18.2 Å². The van der Waals surface area contributed by atoms with Crippen molar-refractivity contribution >= 4 is 17.5 Å². The second-order valence-electron chi connectivity index (χ2n) is 5.45. The lowest BCUT2D eigenvalue weighted by atomic mass is 9.98. The third-order valence-corrected chi connectivity index (χ3v) is 3.67.